The van der Waals surface area contributed by atoms with Gasteiger partial charge in [-0.25, -0.2) is 0 Å². The van der Waals surface area contributed by atoms with E-state index >= 15 is 0 Å². The Morgan fingerprint density at radius 1 is 1.29 bits per heavy atom. The van der Waals surface area contributed by atoms with E-state index in [9.17, 15) is 4.79 Å². The predicted molar refractivity (Wildman–Crippen MR) is 86.2 cm³/mol. The molecule has 1 aliphatic rings. The highest BCUT2D eigenvalue weighted by molar-refractivity contribution is 5.76. The number of nitrogens with zero attached hydrogens (tertiary/aromatic N) is 2. The van der Waals surface area contributed by atoms with Crippen LogP contribution in [0.3, 0.4) is 0 Å². The van der Waals surface area contributed by atoms with Gasteiger partial charge in [0.1, 0.15) is 0 Å². The van der Waals surface area contributed by atoms with Crippen molar-refractivity contribution >= 4 is 5.91 Å². The van der Waals surface area contributed by atoms with Gasteiger partial charge in [-0.2, -0.15) is 0 Å². The molecule has 0 saturated heterocycles. The lowest BCUT2D eigenvalue weighted by Gasteiger charge is -2.28. The van der Waals surface area contributed by atoms with Gasteiger partial charge >= 0.3 is 0 Å². The third-order valence-corrected chi connectivity index (χ3v) is 3.97. The van der Waals surface area contributed by atoms with E-state index in [4.69, 9.17) is 0 Å². The van der Waals surface area contributed by atoms with Gasteiger partial charge in [0.15, 0.2) is 0 Å². The van der Waals surface area contributed by atoms with Crippen LogP contribution in [0.2, 0.25) is 0 Å². The molecular weight excluding hydrogens is 262 g/mol. The van der Waals surface area contributed by atoms with Crippen LogP contribution >= 0.6 is 0 Å². The van der Waals surface area contributed by atoms with Crippen LogP contribution in [0.25, 0.3) is 0 Å². The number of fused-ring (bicyclic) bond motifs is 1. The van der Waals surface area contributed by atoms with Gasteiger partial charge in [0.05, 0.1) is 0 Å². The first-order valence-corrected chi connectivity index (χ1v) is 7.86. The van der Waals surface area contributed by atoms with Crippen molar-refractivity contribution in [3.63, 3.8) is 0 Å². The number of hydrogen-bond donors (Lipinski definition) is 1. The molecule has 1 aromatic rings. The highest BCUT2D eigenvalue weighted by Crippen LogP contribution is 2.18. The second-order valence-corrected chi connectivity index (χ2v) is 6.05. The fraction of sp³-hybridized carbons (Fsp3) is 0.588. The molecule has 1 amide bonds. The van der Waals surface area contributed by atoms with Crippen LogP contribution in [0.5, 0.6) is 0 Å². The van der Waals surface area contributed by atoms with Gasteiger partial charge in [0.25, 0.3) is 0 Å². The van der Waals surface area contributed by atoms with E-state index in [1.165, 1.54) is 11.1 Å². The second-order valence-electron chi connectivity index (χ2n) is 6.05. The van der Waals surface area contributed by atoms with Crippen molar-refractivity contribution in [2.24, 2.45) is 0 Å². The standard InChI is InChI=1S/C17H27N3O/c1-19(2)11-5-10-18-17(21)9-13-20-12-8-15-6-3-4-7-16(15)14-20/h3-4,6-7H,5,8-14H2,1-2H3,(H,18,21). The van der Waals surface area contributed by atoms with Gasteiger partial charge in [-0.1, -0.05) is 24.3 Å². The molecule has 4 nitrogen and oxygen atoms in total. The van der Waals surface area contributed by atoms with Crippen molar-refractivity contribution in [3.05, 3.63) is 35.4 Å². The number of rotatable bonds is 7. The lowest BCUT2D eigenvalue weighted by atomic mass is 10.00. The molecule has 0 saturated carbocycles. The highest BCUT2D eigenvalue weighted by Gasteiger charge is 2.16. The van der Waals surface area contributed by atoms with Gasteiger partial charge in [-0.05, 0) is 44.6 Å². The number of amides is 1. The Labute approximate surface area is 128 Å². The van der Waals surface area contributed by atoms with Gasteiger partial charge in [-0.3, -0.25) is 9.69 Å². The Kier molecular flexibility index (Phi) is 6.21. The second kappa shape index (κ2) is 8.15. The first kappa shape index (κ1) is 16.0. The lowest BCUT2D eigenvalue weighted by molar-refractivity contribution is -0.121. The van der Waals surface area contributed by atoms with Crippen LogP contribution < -0.4 is 5.32 Å². The smallest absolute Gasteiger partial charge is 0.221 e. The van der Waals surface area contributed by atoms with E-state index in [0.717, 1.165) is 45.6 Å². The van der Waals surface area contributed by atoms with Crippen LogP contribution in [0.4, 0.5) is 0 Å². The summed E-state index contributed by atoms with van der Waals surface area (Å²) in [5, 5.41) is 3.00. The molecule has 0 aromatic heterocycles. The molecule has 4 heteroatoms. The summed E-state index contributed by atoms with van der Waals surface area (Å²) < 4.78 is 0. The monoisotopic (exact) mass is 289 g/mol. The summed E-state index contributed by atoms with van der Waals surface area (Å²) in [6.45, 7) is 4.69. The third kappa shape index (κ3) is 5.48. The maximum atomic E-state index is 11.8. The quantitative estimate of drug-likeness (QED) is 0.773. The highest BCUT2D eigenvalue weighted by atomic mass is 16.1. The summed E-state index contributed by atoms with van der Waals surface area (Å²) in [6, 6.07) is 8.61. The molecule has 116 valence electrons. The van der Waals surface area contributed by atoms with Gasteiger partial charge < -0.3 is 10.2 Å². The molecule has 0 bridgehead atoms. The number of carbonyl (C=O) groups is 1. The Morgan fingerprint density at radius 3 is 2.81 bits per heavy atom. The van der Waals surface area contributed by atoms with Crippen molar-refractivity contribution in [3.8, 4) is 0 Å². The van der Waals surface area contributed by atoms with Crippen molar-refractivity contribution in [2.75, 3.05) is 40.3 Å². The minimum absolute atomic E-state index is 0.174. The van der Waals surface area contributed by atoms with Crippen molar-refractivity contribution < 1.29 is 4.79 Å². The summed E-state index contributed by atoms with van der Waals surface area (Å²) >= 11 is 0. The molecule has 0 unspecified atom stereocenters. The van der Waals surface area contributed by atoms with Crippen molar-refractivity contribution in [1.82, 2.24) is 15.1 Å². The van der Waals surface area contributed by atoms with Gasteiger partial charge in [-0.15, -0.1) is 0 Å². The van der Waals surface area contributed by atoms with E-state index < -0.39 is 0 Å². The molecular formula is C17H27N3O. The third-order valence-electron chi connectivity index (χ3n) is 3.97. The molecule has 0 radical (unpaired) electrons. The van der Waals surface area contributed by atoms with Gasteiger partial charge in [0.2, 0.25) is 5.91 Å². The molecule has 0 spiro atoms. The van der Waals surface area contributed by atoms with Crippen LogP contribution in [-0.2, 0) is 17.8 Å². The molecule has 0 fully saturated rings. The average Bonchev–Trinajstić information content (AvgIpc) is 2.49. The fourth-order valence-corrected chi connectivity index (χ4v) is 2.72. The molecule has 1 aliphatic heterocycles. The predicted octanol–water partition coefficient (Wildman–Crippen LogP) is 1.50. The Morgan fingerprint density at radius 2 is 2.05 bits per heavy atom. The van der Waals surface area contributed by atoms with E-state index in [2.05, 4.69) is 53.5 Å². The summed E-state index contributed by atoms with van der Waals surface area (Å²) in [7, 11) is 4.10. The normalized spacial score (nSPS) is 15.0. The average molecular weight is 289 g/mol. The summed E-state index contributed by atoms with van der Waals surface area (Å²) in [5.41, 5.74) is 2.87. The van der Waals surface area contributed by atoms with E-state index in [1.807, 2.05) is 0 Å². The summed E-state index contributed by atoms with van der Waals surface area (Å²) in [6.07, 6.45) is 2.71. The van der Waals surface area contributed by atoms with E-state index in [0.29, 0.717) is 6.42 Å². The number of benzene rings is 1. The van der Waals surface area contributed by atoms with Crippen molar-refractivity contribution in [2.45, 2.75) is 25.8 Å². The zero-order valence-corrected chi connectivity index (χ0v) is 13.3. The van der Waals surface area contributed by atoms with Crippen LogP contribution in [0.15, 0.2) is 24.3 Å². The van der Waals surface area contributed by atoms with Crippen LogP contribution in [-0.4, -0.2) is 56.0 Å². The Balaban J connectivity index is 1.64. The first-order chi connectivity index (χ1) is 10.1. The van der Waals surface area contributed by atoms with E-state index in [1.54, 1.807) is 0 Å². The molecule has 0 atom stereocenters. The summed E-state index contributed by atoms with van der Waals surface area (Å²) in [4.78, 5) is 16.3. The van der Waals surface area contributed by atoms with Gasteiger partial charge in [0, 0.05) is 32.6 Å². The molecule has 1 heterocycles. The summed E-state index contributed by atoms with van der Waals surface area (Å²) in [5.74, 6) is 0.174. The molecule has 1 aromatic carbocycles. The maximum Gasteiger partial charge on any atom is 0.221 e. The lowest BCUT2D eigenvalue weighted by Crippen LogP contribution is -2.35. The Bertz CT molecular complexity index is 459. The first-order valence-electron chi connectivity index (χ1n) is 7.86. The largest absolute Gasteiger partial charge is 0.356 e. The minimum Gasteiger partial charge on any atom is -0.356 e. The number of carbonyl (C=O) groups excluding carboxylic acids is 1. The SMILES string of the molecule is CN(C)CCCNC(=O)CCN1CCc2ccccc2C1. The maximum absolute atomic E-state index is 11.8. The van der Waals surface area contributed by atoms with E-state index in [-0.39, 0.29) is 5.91 Å². The molecule has 0 aliphatic carbocycles. The van der Waals surface area contributed by atoms with Crippen LogP contribution in [0, 0.1) is 0 Å². The Hall–Kier alpha value is -1.39. The number of nitrogens with one attached hydrogen (secondary N) is 1. The number of hydrogen-bond acceptors (Lipinski definition) is 3. The zero-order valence-electron chi connectivity index (χ0n) is 13.3. The van der Waals surface area contributed by atoms with Crippen LogP contribution in [0.1, 0.15) is 24.0 Å². The molecule has 21 heavy (non-hydrogen) atoms. The van der Waals surface area contributed by atoms with Crippen molar-refractivity contribution in [1.29, 1.82) is 0 Å². The topological polar surface area (TPSA) is 35.6 Å². The fourth-order valence-electron chi connectivity index (χ4n) is 2.72. The zero-order chi connectivity index (χ0) is 15.1. The molecule has 1 N–H and O–H groups in total. The molecule has 2 rings (SSSR count). The minimum atomic E-state index is 0.174.